The predicted molar refractivity (Wildman–Crippen MR) is 74.2 cm³/mol. The zero-order chi connectivity index (χ0) is 13.8. The molecule has 2 heterocycles. The predicted octanol–water partition coefficient (Wildman–Crippen LogP) is 3.15. The smallest absolute Gasteiger partial charge is 0.141 e. The summed E-state index contributed by atoms with van der Waals surface area (Å²) in [7, 11) is 1.66. The second-order valence-electron chi connectivity index (χ2n) is 4.62. The van der Waals surface area contributed by atoms with Crippen LogP contribution in [0.5, 0.6) is 5.75 Å². The number of hydrogen-bond donors (Lipinski definition) is 1. The standard InChI is InChI=1S/C15H20N2O2/c1-10-8-13(12(3)19-10)11(2)17-9-14-15(18-4)6-5-7-16-14/h5-8,11,17H,9H2,1-4H3. The largest absolute Gasteiger partial charge is 0.495 e. The topological polar surface area (TPSA) is 47.3 Å². The van der Waals surface area contributed by atoms with Crippen LogP contribution in [0.25, 0.3) is 0 Å². The Labute approximate surface area is 113 Å². The maximum absolute atomic E-state index is 5.55. The monoisotopic (exact) mass is 260 g/mol. The molecule has 0 aliphatic carbocycles. The molecule has 4 nitrogen and oxygen atoms in total. The summed E-state index contributed by atoms with van der Waals surface area (Å²) >= 11 is 0. The highest BCUT2D eigenvalue weighted by Crippen LogP contribution is 2.22. The summed E-state index contributed by atoms with van der Waals surface area (Å²) in [6.07, 6.45) is 1.78. The van der Waals surface area contributed by atoms with Gasteiger partial charge in [-0.15, -0.1) is 0 Å². The van der Waals surface area contributed by atoms with E-state index in [4.69, 9.17) is 9.15 Å². The number of hydrogen-bond acceptors (Lipinski definition) is 4. The molecule has 0 bridgehead atoms. The van der Waals surface area contributed by atoms with Gasteiger partial charge in [-0.2, -0.15) is 0 Å². The summed E-state index contributed by atoms with van der Waals surface area (Å²) in [5.74, 6) is 2.71. The van der Waals surface area contributed by atoms with Gasteiger partial charge in [0.2, 0.25) is 0 Å². The van der Waals surface area contributed by atoms with E-state index in [1.807, 2.05) is 26.0 Å². The maximum Gasteiger partial charge on any atom is 0.141 e. The number of methoxy groups -OCH3 is 1. The van der Waals surface area contributed by atoms with E-state index in [9.17, 15) is 0 Å². The number of rotatable bonds is 5. The molecule has 2 rings (SSSR count). The van der Waals surface area contributed by atoms with Crippen molar-refractivity contribution in [1.29, 1.82) is 0 Å². The summed E-state index contributed by atoms with van der Waals surface area (Å²) in [6, 6.07) is 6.07. The molecule has 0 saturated heterocycles. The second-order valence-corrected chi connectivity index (χ2v) is 4.62. The van der Waals surface area contributed by atoms with Gasteiger partial charge in [0, 0.05) is 24.3 Å². The van der Waals surface area contributed by atoms with Gasteiger partial charge in [0.05, 0.1) is 12.8 Å². The highest BCUT2D eigenvalue weighted by molar-refractivity contribution is 5.27. The van der Waals surface area contributed by atoms with Crippen LogP contribution in [0.1, 0.15) is 35.7 Å². The number of aromatic nitrogens is 1. The lowest BCUT2D eigenvalue weighted by atomic mass is 10.1. The van der Waals surface area contributed by atoms with E-state index in [1.54, 1.807) is 13.3 Å². The Morgan fingerprint density at radius 1 is 1.42 bits per heavy atom. The summed E-state index contributed by atoms with van der Waals surface area (Å²) < 4.78 is 10.8. The van der Waals surface area contributed by atoms with Crippen LogP contribution in [0.2, 0.25) is 0 Å². The first kappa shape index (κ1) is 13.6. The number of pyridine rings is 1. The summed E-state index contributed by atoms with van der Waals surface area (Å²) in [5, 5.41) is 3.44. The van der Waals surface area contributed by atoms with E-state index in [0.717, 1.165) is 23.0 Å². The molecule has 102 valence electrons. The van der Waals surface area contributed by atoms with E-state index in [1.165, 1.54) is 5.56 Å². The minimum absolute atomic E-state index is 0.212. The minimum Gasteiger partial charge on any atom is -0.495 e. The van der Waals surface area contributed by atoms with E-state index in [2.05, 4.69) is 23.3 Å². The quantitative estimate of drug-likeness (QED) is 0.897. The van der Waals surface area contributed by atoms with Crippen molar-refractivity contribution >= 4 is 0 Å². The van der Waals surface area contributed by atoms with Crippen LogP contribution in [0.4, 0.5) is 0 Å². The fourth-order valence-corrected chi connectivity index (χ4v) is 2.18. The Hall–Kier alpha value is -1.81. The minimum atomic E-state index is 0.212. The summed E-state index contributed by atoms with van der Waals surface area (Å²) in [5.41, 5.74) is 2.10. The molecule has 0 spiro atoms. The van der Waals surface area contributed by atoms with Gasteiger partial charge in [-0.1, -0.05) is 0 Å². The van der Waals surface area contributed by atoms with Crippen molar-refractivity contribution in [3.05, 3.63) is 47.2 Å². The van der Waals surface area contributed by atoms with Crippen LogP contribution in [-0.2, 0) is 6.54 Å². The van der Waals surface area contributed by atoms with Crippen molar-refractivity contribution in [3.63, 3.8) is 0 Å². The molecule has 1 unspecified atom stereocenters. The van der Waals surface area contributed by atoms with Crippen molar-refractivity contribution in [2.75, 3.05) is 7.11 Å². The van der Waals surface area contributed by atoms with Crippen LogP contribution >= 0.6 is 0 Å². The van der Waals surface area contributed by atoms with E-state index < -0.39 is 0 Å². The Bertz CT molecular complexity index is 549. The first-order chi connectivity index (χ1) is 9.11. The summed E-state index contributed by atoms with van der Waals surface area (Å²) in [6.45, 7) is 6.73. The van der Waals surface area contributed by atoms with Crippen molar-refractivity contribution in [1.82, 2.24) is 10.3 Å². The van der Waals surface area contributed by atoms with Crippen LogP contribution in [0, 0.1) is 13.8 Å². The molecule has 0 amide bonds. The number of nitrogens with one attached hydrogen (secondary N) is 1. The van der Waals surface area contributed by atoms with Gasteiger partial charge in [-0.3, -0.25) is 4.98 Å². The van der Waals surface area contributed by atoms with E-state index in [0.29, 0.717) is 6.54 Å². The molecule has 0 radical (unpaired) electrons. The normalized spacial score (nSPS) is 12.4. The van der Waals surface area contributed by atoms with Gasteiger partial charge >= 0.3 is 0 Å². The molecule has 4 heteroatoms. The van der Waals surface area contributed by atoms with Crippen LogP contribution < -0.4 is 10.1 Å². The van der Waals surface area contributed by atoms with Crippen LogP contribution in [0.3, 0.4) is 0 Å². The van der Waals surface area contributed by atoms with Gasteiger partial charge in [0.1, 0.15) is 17.3 Å². The van der Waals surface area contributed by atoms with Gasteiger partial charge in [0.15, 0.2) is 0 Å². The Kier molecular flexibility index (Phi) is 4.22. The number of furan rings is 1. The average molecular weight is 260 g/mol. The molecular formula is C15H20N2O2. The fraction of sp³-hybridized carbons (Fsp3) is 0.400. The number of aryl methyl sites for hydroxylation is 2. The van der Waals surface area contributed by atoms with Crippen LogP contribution in [0.15, 0.2) is 28.8 Å². The molecule has 1 atom stereocenters. The Morgan fingerprint density at radius 3 is 2.84 bits per heavy atom. The van der Waals surface area contributed by atoms with Gasteiger partial charge in [0.25, 0.3) is 0 Å². The maximum atomic E-state index is 5.55. The lowest BCUT2D eigenvalue weighted by Crippen LogP contribution is -2.19. The molecular weight excluding hydrogens is 240 g/mol. The average Bonchev–Trinajstić information content (AvgIpc) is 2.75. The highest BCUT2D eigenvalue weighted by Gasteiger charge is 2.13. The molecule has 2 aromatic heterocycles. The Balaban J connectivity index is 2.04. The number of nitrogens with zero attached hydrogens (tertiary/aromatic N) is 1. The zero-order valence-corrected chi connectivity index (χ0v) is 11.9. The second kappa shape index (κ2) is 5.89. The fourth-order valence-electron chi connectivity index (χ4n) is 2.18. The Morgan fingerprint density at radius 2 is 2.21 bits per heavy atom. The van der Waals surface area contributed by atoms with Crippen molar-refractivity contribution in [3.8, 4) is 5.75 Å². The SMILES string of the molecule is COc1cccnc1CNC(C)c1cc(C)oc1C. The van der Waals surface area contributed by atoms with Gasteiger partial charge < -0.3 is 14.5 Å². The van der Waals surface area contributed by atoms with E-state index >= 15 is 0 Å². The summed E-state index contributed by atoms with van der Waals surface area (Å²) in [4.78, 5) is 4.33. The molecule has 19 heavy (non-hydrogen) atoms. The lowest BCUT2D eigenvalue weighted by molar-refractivity contribution is 0.402. The molecule has 0 aliphatic heterocycles. The molecule has 0 fully saturated rings. The van der Waals surface area contributed by atoms with Gasteiger partial charge in [-0.05, 0) is 39.0 Å². The highest BCUT2D eigenvalue weighted by atomic mass is 16.5. The van der Waals surface area contributed by atoms with Crippen molar-refractivity contribution in [2.45, 2.75) is 33.4 Å². The first-order valence-electron chi connectivity index (χ1n) is 6.40. The molecule has 0 aliphatic rings. The number of ether oxygens (including phenoxy) is 1. The first-order valence-corrected chi connectivity index (χ1v) is 6.40. The molecule has 2 aromatic rings. The van der Waals surface area contributed by atoms with Gasteiger partial charge in [-0.25, -0.2) is 0 Å². The zero-order valence-electron chi connectivity index (χ0n) is 11.9. The van der Waals surface area contributed by atoms with E-state index in [-0.39, 0.29) is 6.04 Å². The van der Waals surface area contributed by atoms with Crippen molar-refractivity contribution < 1.29 is 9.15 Å². The molecule has 0 saturated carbocycles. The van der Waals surface area contributed by atoms with Crippen molar-refractivity contribution in [2.24, 2.45) is 0 Å². The third kappa shape index (κ3) is 3.15. The third-order valence-electron chi connectivity index (χ3n) is 3.19. The van der Waals surface area contributed by atoms with Crippen LogP contribution in [-0.4, -0.2) is 12.1 Å². The third-order valence-corrected chi connectivity index (χ3v) is 3.19. The lowest BCUT2D eigenvalue weighted by Gasteiger charge is -2.14. The molecule has 1 N–H and O–H groups in total. The molecule has 0 aromatic carbocycles.